The van der Waals surface area contributed by atoms with Gasteiger partial charge in [0.05, 0.1) is 16.1 Å². The lowest BCUT2D eigenvalue weighted by Crippen LogP contribution is -2.17. The predicted molar refractivity (Wildman–Crippen MR) is 79.3 cm³/mol. The highest BCUT2D eigenvalue weighted by molar-refractivity contribution is 7.99. The fraction of sp³-hybridized carbons (Fsp3) is 0.462. The third-order valence-corrected chi connectivity index (χ3v) is 5.26. The molecule has 3 nitrogen and oxygen atoms in total. The number of anilines is 1. The van der Waals surface area contributed by atoms with E-state index < -0.39 is 5.82 Å². The molecular formula is C13H15ClFN3S. The summed E-state index contributed by atoms with van der Waals surface area (Å²) in [6.45, 7) is 0. The average Bonchev–Trinajstić information content (AvgIpc) is 2.93. The van der Waals surface area contributed by atoms with Crippen molar-refractivity contribution in [2.24, 2.45) is 0 Å². The normalized spacial score (nSPS) is 23.3. The van der Waals surface area contributed by atoms with E-state index in [0.29, 0.717) is 22.8 Å². The maximum absolute atomic E-state index is 13.5. The van der Waals surface area contributed by atoms with Crippen LogP contribution in [0, 0.1) is 5.82 Å². The average molecular weight is 300 g/mol. The van der Waals surface area contributed by atoms with Crippen molar-refractivity contribution in [3.05, 3.63) is 23.0 Å². The largest absolute Gasteiger partial charge is 0.369 e. The Bertz CT molecular complexity index is 628. The highest BCUT2D eigenvalue weighted by Gasteiger charge is 2.30. The van der Waals surface area contributed by atoms with Crippen LogP contribution in [0.1, 0.15) is 25.3 Å². The van der Waals surface area contributed by atoms with Gasteiger partial charge < -0.3 is 10.3 Å². The van der Waals surface area contributed by atoms with Crippen LogP contribution in [-0.2, 0) is 0 Å². The number of imidazole rings is 1. The van der Waals surface area contributed by atoms with E-state index in [9.17, 15) is 4.39 Å². The van der Waals surface area contributed by atoms with Gasteiger partial charge in [0.1, 0.15) is 5.82 Å². The van der Waals surface area contributed by atoms with Crippen LogP contribution >= 0.6 is 23.4 Å². The van der Waals surface area contributed by atoms with Crippen molar-refractivity contribution in [2.75, 3.05) is 12.0 Å². The van der Waals surface area contributed by atoms with Crippen molar-refractivity contribution in [3.63, 3.8) is 0 Å². The highest BCUT2D eigenvalue weighted by Crippen LogP contribution is 2.40. The molecule has 3 rings (SSSR count). The SMILES string of the molecule is CSC1CCCC1n1c(N)nc2cc(F)c(Cl)cc21. The maximum atomic E-state index is 13.5. The van der Waals surface area contributed by atoms with Crippen LogP contribution in [0.5, 0.6) is 0 Å². The molecule has 1 saturated carbocycles. The summed E-state index contributed by atoms with van der Waals surface area (Å²) in [5.41, 5.74) is 7.43. The number of benzene rings is 1. The number of hydrogen-bond donors (Lipinski definition) is 1. The third kappa shape index (κ3) is 2.09. The van der Waals surface area contributed by atoms with Crippen molar-refractivity contribution in [3.8, 4) is 0 Å². The van der Waals surface area contributed by atoms with E-state index in [4.69, 9.17) is 17.3 Å². The molecule has 0 spiro atoms. The van der Waals surface area contributed by atoms with Crippen molar-refractivity contribution in [1.82, 2.24) is 9.55 Å². The molecule has 0 radical (unpaired) electrons. The lowest BCUT2D eigenvalue weighted by molar-refractivity contribution is 0.549. The zero-order chi connectivity index (χ0) is 13.6. The van der Waals surface area contributed by atoms with E-state index in [-0.39, 0.29) is 5.02 Å². The van der Waals surface area contributed by atoms with Gasteiger partial charge in [-0.1, -0.05) is 18.0 Å². The number of halogens is 2. The van der Waals surface area contributed by atoms with Gasteiger partial charge in [0.2, 0.25) is 5.95 Å². The first-order valence-corrected chi connectivity index (χ1v) is 7.93. The number of thioether (sulfide) groups is 1. The van der Waals surface area contributed by atoms with Gasteiger partial charge in [0.15, 0.2) is 0 Å². The van der Waals surface area contributed by atoms with E-state index in [2.05, 4.69) is 11.2 Å². The van der Waals surface area contributed by atoms with Gasteiger partial charge >= 0.3 is 0 Å². The molecule has 0 amide bonds. The number of nitrogens with two attached hydrogens (primary N) is 1. The van der Waals surface area contributed by atoms with Crippen LogP contribution in [0.15, 0.2) is 12.1 Å². The molecular weight excluding hydrogens is 285 g/mol. The Kier molecular flexibility index (Phi) is 3.35. The molecule has 2 atom stereocenters. The topological polar surface area (TPSA) is 43.8 Å². The summed E-state index contributed by atoms with van der Waals surface area (Å²) in [4.78, 5) is 4.26. The van der Waals surface area contributed by atoms with Gasteiger partial charge in [-0.05, 0) is 25.2 Å². The molecule has 0 aliphatic heterocycles. The molecule has 1 aliphatic carbocycles. The van der Waals surface area contributed by atoms with Gasteiger partial charge in [0.25, 0.3) is 0 Å². The molecule has 19 heavy (non-hydrogen) atoms. The van der Waals surface area contributed by atoms with E-state index in [1.807, 2.05) is 16.3 Å². The molecule has 1 aliphatic rings. The van der Waals surface area contributed by atoms with Crippen LogP contribution in [0.3, 0.4) is 0 Å². The minimum absolute atomic E-state index is 0.118. The maximum Gasteiger partial charge on any atom is 0.201 e. The summed E-state index contributed by atoms with van der Waals surface area (Å²) in [6, 6.07) is 3.31. The predicted octanol–water partition coefficient (Wildman–Crippen LogP) is 3.87. The van der Waals surface area contributed by atoms with E-state index in [1.54, 1.807) is 6.07 Å². The molecule has 2 aromatic rings. The van der Waals surface area contributed by atoms with Crippen molar-refractivity contribution >= 4 is 40.3 Å². The first-order chi connectivity index (χ1) is 9.11. The van der Waals surface area contributed by atoms with Gasteiger partial charge in [-0.25, -0.2) is 9.37 Å². The lowest BCUT2D eigenvalue weighted by atomic mass is 10.2. The standard InChI is InChI=1S/C13H15ClFN3S/c1-19-12-4-2-3-10(12)18-11-5-7(14)8(15)6-9(11)17-13(18)16/h5-6,10,12H,2-4H2,1H3,(H2,16,17). The number of aromatic nitrogens is 2. The number of fused-ring (bicyclic) bond motifs is 1. The van der Waals surface area contributed by atoms with Gasteiger partial charge in [0, 0.05) is 17.4 Å². The lowest BCUT2D eigenvalue weighted by Gasteiger charge is -2.21. The molecule has 2 unspecified atom stereocenters. The number of hydrogen-bond acceptors (Lipinski definition) is 3. The Morgan fingerprint density at radius 3 is 3.00 bits per heavy atom. The van der Waals surface area contributed by atoms with Crippen LogP contribution in [0.25, 0.3) is 11.0 Å². The van der Waals surface area contributed by atoms with Crippen LogP contribution < -0.4 is 5.73 Å². The molecule has 2 N–H and O–H groups in total. The van der Waals surface area contributed by atoms with Crippen molar-refractivity contribution in [2.45, 2.75) is 30.6 Å². The zero-order valence-electron chi connectivity index (χ0n) is 10.6. The van der Waals surface area contributed by atoms with Crippen LogP contribution in [-0.4, -0.2) is 21.1 Å². The molecule has 1 aromatic heterocycles. The van der Waals surface area contributed by atoms with Crippen molar-refractivity contribution in [1.29, 1.82) is 0 Å². The monoisotopic (exact) mass is 299 g/mol. The Morgan fingerprint density at radius 1 is 1.47 bits per heavy atom. The highest BCUT2D eigenvalue weighted by atomic mass is 35.5. The number of rotatable bonds is 2. The number of nitrogen functional groups attached to an aromatic ring is 1. The van der Waals surface area contributed by atoms with Gasteiger partial charge in [-0.15, -0.1) is 0 Å². The fourth-order valence-corrected chi connectivity index (χ4v) is 4.07. The molecule has 102 valence electrons. The molecule has 1 heterocycles. The molecule has 6 heteroatoms. The van der Waals surface area contributed by atoms with E-state index in [0.717, 1.165) is 11.9 Å². The Hall–Kier alpha value is -0.940. The van der Waals surface area contributed by atoms with Crippen LogP contribution in [0.4, 0.5) is 10.3 Å². The Morgan fingerprint density at radius 2 is 2.26 bits per heavy atom. The second-order valence-corrected chi connectivity index (χ2v) is 6.35. The summed E-state index contributed by atoms with van der Waals surface area (Å²) in [7, 11) is 0. The van der Waals surface area contributed by atoms with E-state index >= 15 is 0 Å². The molecule has 0 bridgehead atoms. The summed E-state index contributed by atoms with van der Waals surface area (Å²) in [5, 5.41) is 0.649. The summed E-state index contributed by atoms with van der Waals surface area (Å²) in [6.07, 6.45) is 5.56. The summed E-state index contributed by atoms with van der Waals surface area (Å²) < 4.78 is 15.5. The molecule has 1 aromatic carbocycles. The van der Waals surface area contributed by atoms with Crippen molar-refractivity contribution < 1.29 is 4.39 Å². The summed E-state index contributed by atoms with van der Waals surface area (Å²) in [5.74, 6) is -0.00530. The van der Waals surface area contributed by atoms with Gasteiger partial charge in [-0.3, -0.25) is 0 Å². The third-order valence-electron chi connectivity index (χ3n) is 3.81. The smallest absolute Gasteiger partial charge is 0.201 e. The second-order valence-electron chi connectivity index (χ2n) is 4.87. The second kappa shape index (κ2) is 4.87. The zero-order valence-corrected chi connectivity index (χ0v) is 12.1. The Labute approximate surface area is 120 Å². The number of nitrogens with zero attached hydrogens (tertiary/aromatic N) is 2. The first kappa shape index (κ1) is 13.1. The summed E-state index contributed by atoms with van der Waals surface area (Å²) >= 11 is 7.74. The minimum atomic E-state index is -0.452. The molecule has 1 fully saturated rings. The van der Waals surface area contributed by atoms with E-state index in [1.165, 1.54) is 18.9 Å². The Balaban J connectivity index is 2.17. The molecule has 0 saturated heterocycles. The van der Waals surface area contributed by atoms with Gasteiger partial charge in [-0.2, -0.15) is 11.8 Å². The minimum Gasteiger partial charge on any atom is -0.369 e. The van der Waals surface area contributed by atoms with Crippen LogP contribution in [0.2, 0.25) is 5.02 Å². The first-order valence-electron chi connectivity index (χ1n) is 6.27. The quantitative estimate of drug-likeness (QED) is 0.915. The fourth-order valence-electron chi connectivity index (χ4n) is 2.93.